The lowest BCUT2D eigenvalue weighted by Gasteiger charge is -2.46. The molecule has 2 aliphatic rings. The first-order valence-corrected chi connectivity index (χ1v) is 40.3. The zero-order valence-electron chi connectivity index (χ0n) is 53.0. The normalized spacial score (nSPS) is 27.9. The maximum absolute atomic E-state index is 16.1. The van der Waals surface area contributed by atoms with Gasteiger partial charge in [0.05, 0.1) is 24.9 Å². The molecule has 2 aliphatic heterocycles. The SMILES string of the molecule is C=C1/C=C(\C)[C@@H](C)C[C@H](O[Si](C)(C)C(C)(C)C)CC(=O)[C@H](O[Si](CC)(CC)CC)[C@@H](O[Si](C)(C)C(C)(C)C)[C@H](C)C[C@H](CO[Si](c2ccccc2)(c2ccccc2)C(C)(C)C)OC(=O)/C(C)=C/CC/C=C/[C@@H]2O[C@H]2C[C@H](C)C1. The highest BCUT2D eigenvalue weighted by atomic mass is 28.4. The van der Waals surface area contributed by atoms with Crippen molar-refractivity contribution in [3.8, 4) is 0 Å². The molecule has 0 unspecified atom stereocenters. The Balaban J connectivity index is 1.98. The molecule has 2 heterocycles. The fraction of sp³-hybridized carbons (Fsp3) is 0.667. The minimum atomic E-state index is -3.08. The van der Waals surface area contributed by atoms with Gasteiger partial charge in [-0.25, -0.2) is 4.79 Å². The van der Waals surface area contributed by atoms with E-state index in [9.17, 15) is 4.79 Å². The molecule has 1 fully saturated rings. The van der Waals surface area contributed by atoms with Crippen molar-refractivity contribution < 1.29 is 36.8 Å². The third kappa shape index (κ3) is 18.4. The van der Waals surface area contributed by atoms with Gasteiger partial charge in [0.1, 0.15) is 18.3 Å². The van der Waals surface area contributed by atoms with Crippen molar-refractivity contribution >= 4 is 55.4 Å². The summed E-state index contributed by atoms with van der Waals surface area (Å²) >= 11 is 0. The number of esters is 1. The van der Waals surface area contributed by atoms with Crippen LogP contribution in [0.15, 0.2) is 108 Å². The summed E-state index contributed by atoms with van der Waals surface area (Å²) in [5, 5.41) is 1.74. The Hall–Kier alpha value is -2.79. The minimum Gasteiger partial charge on any atom is -0.457 e. The van der Waals surface area contributed by atoms with Crippen molar-refractivity contribution in [2.45, 2.75) is 259 Å². The number of Topliss-reactive ketones (excluding diaryl/α,β-unsaturated/α-hetero) is 1. The molecule has 0 N–H and O–H groups in total. The summed E-state index contributed by atoms with van der Waals surface area (Å²) in [7, 11) is -10.6. The Bertz CT molecular complexity index is 2270. The number of ether oxygens (including phenoxy) is 2. The number of hydrogen-bond acceptors (Lipinski definition) is 8. The summed E-state index contributed by atoms with van der Waals surface area (Å²) in [6.45, 7) is 51.8. The van der Waals surface area contributed by atoms with Gasteiger partial charge >= 0.3 is 5.97 Å². The van der Waals surface area contributed by atoms with Crippen molar-refractivity contribution in [3.05, 3.63) is 108 Å². The highest BCUT2D eigenvalue weighted by Gasteiger charge is 2.52. The number of benzene rings is 2. The van der Waals surface area contributed by atoms with Gasteiger partial charge in [0.15, 0.2) is 30.7 Å². The first-order valence-electron chi connectivity index (χ1n) is 30.0. The van der Waals surface area contributed by atoms with Crippen LogP contribution in [0.3, 0.4) is 0 Å². The number of hydrogen-bond donors (Lipinski definition) is 0. The van der Waals surface area contributed by atoms with Gasteiger partial charge < -0.3 is 27.2 Å². The summed E-state index contributed by atoms with van der Waals surface area (Å²) < 4.78 is 43.3. The minimum absolute atomic E-state index is 0.0283. The quantitative estimate of drug-likeness (QED) is 0.0799. The molecule has 0 bridgehead atoms. The lowest BCUT2D eigenvalue weighted by atomic mass is 9.88. The highest BCUT2D eigenvalue weighted by molar-refractivity contribution is 6.99. The largest absolute Gasteiger partial charge is 0.457 e. The first kappa shape index (κ1) is 67.7. The number of fused-ring (bicyclic) bond motifs is 1. The standard InChI is InChI=1S/C66H110O8Si4/c1-23-77(24-2,25-3)74-62-58(67)46-54(72-75(19,20)64(10,11)12)44-52(8)51(7)42-48(4)41-49(5)43-60-59(71-60)40-34-26-29-35-50(6)63(68)70-55(45-53(9)61(62)73-76(21,22)65(13,14)15)47-69-78(66(16,17)18,56-36-30-27-31-37-56)57-38-32-28-33-39-57/h27-28,30-40,42,49,52-55,59-62H,4,23-26,29,41,43-47H2,1-3,5-22H3/b40-34+,50-35+,51-42+/t49-,52+,53-,54+,55-,59+,60+,61+,62+/m1/s1. The number of cyclic esters (lactones) is 1. The van der Waals surface area contributed by atoms with Crippen LogP contribution in [0, 0.1) is 17.8 Å². The number of carbonyl (C=O) groups is 2. The number of epoxide rings is 1. The topological polar surface area (TPSA) is 92.8 Å². The van der Waals surface area contributed by atoms with E-state index >= 15 is 4.79 Å². The molecule has 0 aliphatic carbocycles. The molecule has 1 saturated heterocycles. The van der Waals surface area contributed by atoms with Crippen molar-refractivity contribution in [1.82, 2.24) is 0 Å². The van der Waals surface area contributed by atoms with Crippen molar-refractivity contribution in [2.24, 2.45) is 17.8 Å². The van der Waals surface area contributed by atoms with Gasteiger partial charge in [-0.05, 0) is 140 Å². The predicted molar refractivity (Wildman–Crippen MR) is 339 cm³/mol. The predicted octanol–water partition coefficient (Wildman–Crippen LogP) is 16.6. The van der Waals surface area contributed by atoms with E-state index < -0.39 is 51.6 Å². The Kier molecular flexibility index (Phi) is 24.7. The summed E-state index contributed by atoms with van der Waals surface area (Å²) in [5.74, 6) is -0.0956. The van der Waals surface area contributed by atoms with Crippen LogP contribution in [-0.2, 0) is 36.8 Å². The van der Waals surface area contributed by atoms with E-state index in [0.29, 0.717) is 30.8 Å². The van der Waals surface area contributed by atoms with Crippen LogP contribution in [0.25, 0.3) is 0 Å². The molecule has 78 heavy (non-hydrogen) atoms. The Morgan fingerprint density at radius 3 is 1.73 bits per heavy atom. The van der Waals surface area contributed by atoms with Gasteiger partial charge in [0, 0.05) is 12.0 Å². The molecular formula is C66H110O8Si4. The van der Waals surface area contributed by atoms with E-state index in [1.165, 1.54) is 5.57 Å². The van der Waals surface area contributed by atoms with E-state index in [-0.39, 0.29) is 70.0 Å². The summed E-state index contributed by atoms with van der Waals surface area (Å²) in [6, 6.07) is 23.9. The van der Waals surface area contributed by atoms with Gasteiger partial charge in [0.2, 0.25) is 0 Å². The third-order valence-electron chi connectivity index (χ3n) is 18.4. The first-order chi connectivity index (χ1) is 36.2. The molecule has 4 rings (SSSR count). The summed E-state index contributed by atoms with van der Waals surface area (Å²) in [5.41, 5.74) is 2.92. The summed E-state index contributed by atoms with van der Waals surface area (Å²) in [6.07, 6.45) is 11.0. The van der Waals surface area contributed by atoms with Crippen LogP contribution in [0.1, 0.15) is 163 Å². The number of ketones is 1. The maximum atomic E-state index is 16.1. The average Bonchev–Trinajstić information content (AvgIpc) is 4.10. The highest BCUT2D eigenvalue weighted by Crippen LogP contribution is 2.43. The van der Waals surface area contributed by atoms with E-state index in [1.54, 1.807) is 0 Å². The van der Waals surface area contributed by atoms with E-state index in [1.807, 2.05) is 13.0 Å². The Morgan fingerprint density at radius 1 is 0.679 bits per heavy atom. The monoisotopic (exact) mass is 1140 g/mol. The lowest BCUT2D eigenvalue weighted by molar-refractivity contribution is -0.148. The van der Waals surface area contributed by atoms with E-state index in [4.69, 9.17) is 27.2 Å². The molecule has 2 aromatic rings. The molecule has 0 saturated carbocycles. The molecule has 9 atom stereocenters. The second-order valence-electron chi connectivity index (χ2n) is 27.8. The third-order valence-corrected chi connectivity index (χ3v) is 37.0. The van der Waals surface area contributed by atoms with Crippen LogP contribution in [0.4, 0.5) is 0 Å². The molecule has 0 aromatic heterocycles. The molecule has 0 amide bonds. The maximum Gasteiger partial charge on any atom is 0.333 e. The zero-order chi connectivity index (χ0) is 58.7. The van der Waals surface area contributed by atoms with Gasteiger partial charge in [0.25, 0.3) is 8.32 Å². The molecule has 12 heteroatoms. The Morgan fingerprint density at radius 2 is 1.22 bits per heavy atom. The second-order valence-corrected chi connectivity index (χ2v) is 46.3. The average molecular weight is 1140 g/mol. The fourth-order valence-electron chi connectivity index (χ4n) is 10.9. The zero-order valence-corrected chi connectivity index (χ0v) is 57.0. The molecule has 0 spiro atoms. The molecular weight excluding hydrogens is 1030 g/mol. The second kappa shape index (κ2) is 28.5. The molecule has 8 nitrogen and oxygen atoms in total. The van der Waals surface area contributed by atoms with Crippen LogP contribution < -0.4 is 10.4 Å². The van der Waals surface area contributed by atoms with Crippen LogP contribution in [-0.4, -0.2) is 88.3 Å². The van der Waals surface area contributed by atoms with Gasteiger partial charge in [-0.1, -0.05) is 207 Å². The molecule has 0 radical (unpaired) electrons. The van der Waals surface area contributed by atoms with Crippen molar-refractivity contribution in [2.75, 3.05) is 6.61 Å². The van der Waals surface area contributed by atoms with Crippen LogP contribution >= 0.6 is 0 Å². The molecule has 2 aromatic carbocycles. The van der Waals surface area contributed by atoms with Crippen LogP contribution in [0.5, 0.6) is 0 Å². The number of carbonyl (C=O) groups excluding carboxylic acids is 2. The van der Waals surface area contributed by atoms with E-state index in [0.717, 1.165) is 53.3 Å². The molecule has 438 valence electrons. The van der Waals surface area contributed by atoms with Gasteiger partial charge in [-0.2, -0.15) is 0 Å². The van der Waals surface area contributed by atoms with E-state index in [2.05, 4.69) is 222 Å². The number of allylic oxidation sites excluding steroid dienone is 5. The van der Waals surface area contributed by atoms with Gasteiger partial charge in [-0.15, -0.1) is 0 Å². The smallest absolute Gasteiger partial charge is 0.333 e. The summed E-state index contributed by atoms with van der Waals surface area (Å²) in [4.78, 5) is 30.7. The number of rotatable bonds is 14. The van der Waals surface area contributed by atoms with Crippen molar-refractivity contribution in [1.29, 1.82) is 0 Å². The van der Waals surface area contributed by atoms with Gasteiger partial charge in [-0.3, -0.25) is 4.79 Å². The Labute approximate surface area is 480 Å². The van der Waals surface area contributed by atoms with Crippen molar-refractivity contribution in [3.63, 3.8) is 0 Å². The lowest BCUT2D eigenvalue weighted by Crippen LogP contribution is -2.67. The van der Waals surface area contributed by atoms with Crippen LogP contribution in [0.2, 0.25) is 59.4 Å². The fourth-order valence-corrected chi connectivity index (χ4v) is 21.0.